The molecule has 0 unspecified atom stereocenters. The zero-order chi connectivity index (χ0) is 19.2. The van der Waals surface area contributed by atoms with Crippen molar-refractivity contribution in [3.8, 4) is 11.6 Å². The highest BCUT2D eigenvalue weighted by Crippen LogP contribution is 2.26. The number of β-amino-alcohol motifs (C(OH)–C–C–N with tert-alkyl or cyclic N) is 1. The van der Waals surface area contributed by atoms with Crippen LogP contribution >= 0.6 is 0 Å². The lowest BCUT2D eigenvalue weighted by Crippen LogP contribution is -2.31. The molecular formula is C19H19N3O5. The zero-order valence-electron chi connectivity index (χ0n) is 14.7. The van der Waals surface area contributed by atoms with E-state index in [1.54, 1.807) is 42.6 Å². The number of ether oxygens (including phenoxy) is 2. The molecule has 1 aliphatic rings. The van der Waals surface area contributed by atoms with E-state index in [1.165, 1.54) is 12.0 Å². The summed E-state index contributed by atoms with van der Waals surface area (Å²) in [5.74, 6) is -0.000523. The van der Waals surface area contributed by atoms with Crippen LogP contribution in [0.5, 0.6) is 11.6 Å². The summed E-state index contributed by atoms with van der Waals surface area (Å²) in [7, 11) is 1.26. The lowest BCUT2D eigenvalue weighted by molar-refractivity contribution is -0.136. The maximum absolute atomic E-state index is 12.6. The van der Waals surface area contributed by atoms with Crippen molar-refractivity contribution in [2.24, 2.45) is 0 Å². The number of amides is 1. The predicted molar refractivity (Wildman–Crippen MR) is 97.1 cm³/mol. The Morgan fingerprint density at radius 1 is 1.30 bits per heavy atom. The molecule has 0 atom stereocenters. The first-order chi connectivity index (χ1) is 13.1. The Morgan fingerprint density at radius 2 is 2.15 bits per heavy atom. The number of carbonyl (C=O) groups excluding carboxylic acids is 2. The van der Waals surface area contributed by atoms with Gasteiger partial charge in [-0.15, -0.1) is 0 Å². The van der Waals surface area contributed by atoms with E-state index in [-0.39, 0.29) is 36.9 Å². The summed E-state index contributed by atoms with van der Waals surface area (Å²) < 4.78 is 10.4. The van der Waals surface area contributed by atoms with Crippen LogP contribution in [0.4, 0.5) is 5.69 Å². The molecule has 0 radical (unpaired) electrons. The van der Waals surface area contributed by atoms with E-state index < -0.39 is 5.97 Å². The van der Waals surface area contributed by atoms with Gasteiger partial charge < -0.3 is 24.8 Å². The number of pyridine rings is 1. The number of nitrogens with zero attached hydrogens (tertiary/aromatic N) is 2. The van der Waals surface area contributed by atoms with Gasteiger partial charge in [0.2, 0.25) is 5.88 Å². The Bertz CT molecular complexity index is 867. The third kappa shape index (κ3) is 4.24. The Labute approximate surface area is 156 Å². The number of aliphatic hydroxyl groups excluding tert-OH is 1. The molecule has 8 heteroatoms. The molecule has 0 fully saturated rings. The minimum absolute atomic E-state index is 0.0819. The molecule has 2 aromatic rings. The number of aromatic nitrogens is 1. The van der Waals surface area contributed by atoms with Gasteiger partial charge in [0.05, 0.1) is 25.8 Å². The number of aliphatic hydroxyl groups is 1. The topological polar surface area (TPSA) is 101 Å². The van der Waals surface area contributed by atoms with Gasteiger partial charge in [-0.05, 0) is 18.2 Å². The smallest absolute Gasteiger partial charge is 0.337 e. The van der Waals surface area contributed by atoms with Crippen molar-refractivity contribution in [2.45, 2.75) is 0 Å². The SMILES string of the molecule is COC(=O)C1=C(Nc2cccc(Oc3ccccn3)c2)C(=O)N(CCO)C1. The van der Waals surface area contributed by atoms with Crippen LogP contribution in [-0.2, 0) is 14.3 Å². The van der Waals surface area contributed by atoms with Crippen molar-refractivity contribution in [2.75, 3.05) is 32.1 Å². The van der Waals surface area contributed by atoms with Crippen LogP contribution in [0.1, 0.15) is 0 Å². The van der Waals surface area contributed by atoms with Gasteiger partial charge in [0, 0.05) is 30.6 Å². The second-order valence-corrected chi connectivity index (χ2v) is 5.72. The van der Waals surface area contributed by atoms with E-state index in [9.17, 15) is 9.59 Å². The number of esters is 1. The lowest BCUT2D eigenvalue weighted by Gasteiger charge is -2.15. The van der Waals surface area contributed by atoms with Crippen molar-refractivity contribution in [3.05, 3.63) is 59.9 Å². The molecule has 0 aliphatic carbocycles. The fourth-order valence-electron chi connectivity index (χ4n) is 2.66. The molecule has 2 heterocycles. The molecule has 1 aromatic carbocycles. The summed E-state index contributed by atoms with van der Waals surface area (Å²) in [6.07, 6.45) is 1.62. The number of rotatable bonds is 7. The summed E-state index contributed by atoms with van der Waals surface area (Å²) in [5, 5.41) is 12.1. The van der Waals surface area contributed by atoms with Crippen molar-refractivity contribution < 1.29 is 24.2 Å². The Balaban J connectivity index is 1.83. The lowest BCUT2D eigenvalue weighted by atomic mass is 10.2. The first-order valence-corrected chi connectivity index (χ1v) is 8.30. The highest BCUT2D eigenvalue weighted by molar-refractivity contribution is 6.08. The van der Waals surface area contributed by atoms with E-state index in [0.29, 0.717) is 17.3 Å². The van der Waals surface area contributed by atoms with Crippen molar-refractivity contribution in [1.29, 1.82) is 0 Å². The van der Waals surface area contributed by atoms with Crippen molar-refractivity contribution >= 4 is 17.6 Å². The number of methoxy groups -OCH3 is 1. The van der Waals surface area contributed by atoms with E-state index in [4.69, 9.17) is 14.6 Å². The quantitative estimate of drug-likeness (QED) is 0.714. The van der Waals surface area contributed by atoms with Crippen LogP contribution in [0.15, 0.2) is 59.9 Å². The summed E-state index contributed by atoms with van der Waals surface area (Å²) in [4.78, 5) is 30.1. The molecule has 1 aromatic heterocycles. The Hall–Kier alpha value is -3.39. The molecular weight excluding hydrogens is 350 g/mol. The first-order valence-electron chi connectivity index (χ1n) is 8.30. The van der Waals surface area contributed by atoms with Gasteiger partial charge in [0.25, 0.3) is 5.91 Å². The average molecular weight is 369 g/mol. The summed E-state index contributed by atoms with van der Waals surface area (Å²) in [5.41, 5.74) is 0.913. The van der Waals surface area contributed by atoms with Crippen LogP contribution in [0.25, 0.3) is 0 Å². The van der Waals surface area contributed by atoms with E-state index in [2.05, 4.69) is 10.3 Å². The number of hydrogen-bond donors (Lipinski definition) is 2. The van der Waals surface area contributed by atoms with Gasteiger partial charge in [-0.3, -0.25) is 4.79 Å². The summed E-state index contributed by atoms with van der Waals surface area (Å²) >= 11 is 0. The minimum Gasteiger partial charge on any atom is -0.466 e. The molecule has 2 N–H and O–H groups in total. The van der Waals surface area contributed by atoms with Gasteiger partial charge in [0.1, 0.15) is 11.4 Å². The monoisotopic (exact) mass is 369 g/mol. The predicted octanol–water partition coefficient (Wildman–Crippen LogP) is 1.55. The maximum atomic E-state index is 12.6. The number of nitrogens with one attached hydrogen (secondary N) is 1. The number of hydrogen-bond acceptors (Lipinski definition) is 7. The minimum atomic E-state index is -0.591. The molecule has 0 spiro atoms. The van der Waals surface area contributed by atoms with E-state index in [1.807, 2.05) is 6.07 Å². The number of anilines is 1. The van der Waals surface area contributed by atoms with Crippen molar-refractivity contribution in [1.82, 2.24) is 9.88 Å². The number of carbonyl (C=O) groups is 2. The molecule has 27 heavy (non-hydrogen) atoms. The molecule has 140 valence electrons. The van der Waals surface area contributed by atoms with Crippen LogP contribution in [0.3, 0.4) is 0 Å². The van der Waals surface area contributed by atoms with Gasteiger partial charge >= 0.3 is 5.97 Å². The zero-order valence-corrected chi connectivity index (χ0v) is 14.7. The molecule has 0 bridgehead atoms. The molecule has 8 nitrogen and oxygen atoms in total. The Morgan fingerprint density at radius 3 is 2.85 bits per heavy atom. The van der Waals surface area contributed by atoms with Gasteiger partial charge in [-0.1, -0.05) is 12.1 Å². The highest BCUT2D eigenvalue weighted by Gasteiger charge is 2.34. The third-order valence-electron chi connectivity index (χ3n) is 3.92. The van der Waals surface area contributed by atoms with E-state index >= 15 is 0 Å². The maximum Gasteiger partial charge on any atom is 0.337 e. The molecule has 3 rings (SSSR count). The van der Waals surface area contributed by atoms with Gasteiger partial charge in [-0.25, -0.2) is 9.78 Å². The highest BCUT2D eigenvalue weighted by atomic mass is 16.5. The van der Waals surface area contributed by atoms with Gasteiger partial charge in [-0.2, -0.15) is 0 Å². The van der Waals surface area contributed by atoms with Crippen molar-refractivity contribution in [3.63, 3.8) is 0 Å². The van der Waals surface area contributed by atoms with Crippen LogP contribution in [0.2, 0.25) is 0 Å². The molecule has 1 amide bonds. The second kappa shape index (κ2) is 8.33. The first kappa shape index (κ1) is 18.4. The molecule has 1 aliphatic heterocycles. The summed E-state index contributed by atoms with van der Waals surface area (Å²) in [6.45, 7) is 0.0206. The van der Waals surface area contributed by atoms with Crippen LogP contribution in [-0.4, -0.2) is 53.7 Å². The third-order valence-corrected chi connectivity index (χ3v) is 3.92. The van der Waals surface area contributed by atoms with Crippen LogP contribution in [0, 0.1) is 0 Å². The second-order valence-electron chi connectivity index (χ2n) is 5.72. The molecule has 0 saturated heterocycles. The number of benzene rings is 1. The summed E-state index contributed by atoms with van der Waals surface area (Å²) in [6, 6.07) is 12.3. The average Bonchev–Trinajstić information content (AvgIpc) is 2.99. The molecule has 0 saturated carbocycles. The fraction of sp³-hybridized carbons (Fsp3) is 0.211. The van der Waals surface area contributed by atoms with Gasteiger partial charge in [0.15, 0.2) is 0 Å². The van der Waals surface area contributed by atoms with E-state index in [0.717, 1.165) is 0 Å². The standard InChI is InChI=1S/C19H19N3O5/c1-26-19(25)15-12-22(9-10-23)18(24)17(15)21-13-5-4-6-14(11-13)27-16-7-2-3-8-20-16/h2-8,11,21,23H,9-10,12H2,1H3. The van der Waals surface area contributed by atoms with Crippen LogP contribution < -0.4 is 10.1 Å². The largest absolute Gasteiger partial charge is 0.466 e. The fourth-order valence-corrected chi connectivity index (χ4v) is 2.66. The Kier molecular flexibility index (Phi) is 5.68. The normalized spacial score (nSPS) is 13.7.